The number of hydrogen-bond acceptors (Lipinski definition) is 6. The van der Waals surface area contributed by atoms with Crippen LogP contribution in [0, 0.1) is 62.1 Å². The molecule has 0 saturated carbocycles. The van der Waals surface area contributed by atoms with Gasteiger partial charge in [0.2, 0.25) is 5.54 Å². The van der Waals surface area contributed by atoms with Gasteiger partial charge in [-0.1, -0.05) is 0 Å². The number of rotatable bonds is 1. The maximum absolute atomic E-state index is 8.50. The Hall–Kier alpha value is -1.59. The molecule has 2 N–H and O–H groups in total. The molecule has 0 rings (SSSR count). The summed E-state index contributed by atoms with van der Waals surface area (Å²) in [5.74, 6) is 0. The van der Waals surface area contributed by atoms with Crippen LogP contribution in [0.3, 0.4) is 0 Å². The van der Waals surface area contributed by atoms with Gasteiger partial charge in [-0.15, -0.1) is 0 Å². The van der Waals surface area contributed by atoms with Crippen LogP contribution in [0.2, 0.25) is 0 Å². The molecule has 0 aliphatic rings. The van der Waals surface area contributed by atoms with Crippen molar-refractivity contribution in [2.45, 2.75) is 5.54 Å². The molecule has 0 spiro atoms. The van der Waals surface area contributed by atoms with E-state index in [2.05, 4.69) is 0 Å². The van der Waals surface area contributed by atoms with E-state index in [1.807, 2.05) is 0 Å². The average molecular weight is 193 g/mol. The molecule has 0 bridgehead atoms. The van der Waals surface area contributed by atoms with E-state index in [-0.39, 0.29) is 29.6 Å². The van der Waals surface area contributed by atoms with Gasteiger partial charge in [0.15, 0.2) is 0 Å². The van der Waals surface area contributed by atoms with Crippen LogP contribution < -0.4 is 5.73 Å². The molecule has 6 nitrogen and oxygen atoms in total. The zero-order valence-corrected chi connectivity index (χ0v) is 9.31. The minimum atomic E-state index is -2.45. The van der Waals surface area contributed by atoms with Crippen LogP contribution in [0.25, 0.3) is 0 Å². The molecule has 0 aromatic heterocycles. The molecule has 61 valence electrons. The Bertz CT molecular complexity index is 370. The smallest absolute Gasteiger partial charge is 0.272 e. The Balaban J connectivity index is 0. The maximum Gasteiger partial charge on any atom is 0.272 e. The van der Waals surface area contributed by atoms with Crippen molar-refractivity contribution in [2.75, 3.05) is 0 Å². The molecule has 0 saturated heterocycles. The van der Waals surface area contributed by atoms with Gasteiger partial charge in [0.1, 0.15) is 30.3 Å². The van der Waals surface area contributed by atoms with E-state index in [4.69, 9.17) is 32.0 Å². The first kappa shape index (κ1) is 14.9. The number of nitriles is 5. The summed E-state index contributed by atoms with van der Waals surface area (Å²) >= 11 is 0. The predicted molar refractivity (Wildman–Crippen MR) is 43.2 cm³/mol. The van der Waals surface area contributed by atoms with E-state index in [0.717, 1.165) is 0 Å². The first-order valence-electron chi connectivity index (χ1n) is 2.91. The predicted octanol–water partition coefficient (Wildman–Crippen LogP) is -1.09. The van der Waals surface area contributed by atoms with Crippen LogP contribution in [-0.4, -0.2) is 35.1 Å². The molecule has 0 aromatic rings. The second kappa shape index (κ2) is 5.21. The summed E-state index contributed by atoms with van der Waals surface area (Å²) in [6, 6.07) is 6.34. The van der Waals surface area contributed by atoms with Crippen LogP contribution in [-0.2, 0) is 0 Å². The number of nitrogens with two attached hydrogens (primary N) is 1. The quantitative estimate of drug-likeness (QED) is 0.523. The summed E-state index contributed by atoms with van der Waals surface area (Å²) in [6.45, 7) is 0. The molecule has 0 aliphatic heterocycles. The summed E-state index contributed by atoms with van der Waals surface area (Å²) in [5, 5.41) is 42.4. The van der Waals surface area contributed by atoms with E-state index in [0.29, 0.717) is 0 Å². The fourth-order valence-electron chi connectivity index (χ4n) is 0.532. The van der Waals surface area contributed by atoms with Gasteiger partial charge in [-0.05, 0) is 0 Å². The van der Waals surface area contributed by atoms with E-state index in [9.17, 15) is 0 Å². The SMILES string of the molecule is N#CC(N)(C#N)C(C#N)(C#N)C#N.[Na]. The van der Waals surface area contributed by atoms with Crippen molar-refractivity contribution in [1.29, 1.82) is 26.3 Å². The van der Waals surface area contributed by atoms with Gasteiger partial charge in [0, 0.05) is 29.6 Å². The third-order valence-electron chi connectivity index (χ3n) is 1.45. The van der Waals surface area contributed by atoms with Gasteiger partial charge in [-0.25, -0.2) is 0 Å². The van der Waals surface area contributed by atoms with Crippen molar-refractivity contribution < 1.29 is 0 Å². The summed E-state index contributed by atoms with van der Waals surface area (Å²) in [5.41, 5.74) is 0.244. The standard InChI is InChI=1S/C7H2N6.Na/c8-1-6(2-9,3-10)7(13,4-11)5-12;/h13H2;. The van der Waals surface area contributed by atoms with Crippen molar-refractivity contribution in [3.63, 3.8) is 0 Å². The molecule has 7 heteroatoms. The molecular weight excluding hydrogens is 191 g/mol. The Morgan fingerprint density at radius 1 is 0.714 bits per heavy atom. The van der Waals surface area contributed by atoms with Gasteiger partial charge in [0.25, 0.3) is 5.41 Å². The fraction of sp³-hybridized carbons (Fsp3) is 0.286. The molecular formula is C7H2N6Na. The van der Waals surface area contributed by atoms with Crippen LogP contribution >= 0.6 is 0 Å². The largest absolute Gasteiger partial charge is 0.298 e. The van der Waals surface area contributed by atoms with Crippen molar-refractivity contribution in [3.8, 4) is 30.3 Å². The van der Waals surface area contributed by atoms with E-state index < -0.39 is 11.0 Å². The Morgan fingerprint density at radius 2 is 1.00 bits per heavy atom. The second-order valence-electron chi connectivity index (χ2n) is 2.12. The summed E-state index contributed by atoms with van der Waals surface area (Å²) < 4.78 is 0. The van der Waals surface area contributed by atoms with Crippen molar-refractivity contribution >= 4 is 29.6 Å². The van der Waals surface area contributed by atoms with Crippen LogP contribution in [0.4, 0.5) is 0 Å². The molecule has 0 aromatic carbocycles. The van der Waals surface area contributed by atoms with Gasteiger partial charge >= 0.3 is 0 Å². The molecule has 0 unspecified atom stereocenters. The average Bonchev–Trinajstić information content (AvgIpc) is 2.20. The van der Waals surface area contributed by atoms with Crippen LogP contribution in [0.5, 0.6) is 0 Å². The maximum atomic E-state index is 8.50. The van der Waals surface area contributed by atoms with Gasteiger partial charge in [0.05, 0.1) is 0 Å². The van der Waals surface area contributed by atoms with Crippen molar-refractivity contribution in [1.82, 2.24) is 0 Å². The Kier molecular flexibility index (Phi) is 5.54. The molecule has 14 heavy (non-hydrogen) atoms. The third kappa shape index (κ3) is 1.84. The van der Waals surface area contributed by atoms with Gasteiger partial charge in [-0.3, -0.25) is 5.73 Å². The molecule has 0 fully saturated rings. The monoisotopic (exact) mass is 193 g/mol. The topological polar surface area (TPSA) is 145 Å². The molecule has 0 atom stereocenters. The Morgan fingerprint density at radius 3 is 1.07 bits per heavy atom. The zero-order chi connectivity index (χ0) is 10.5. The minimum absolute atomic E-state index is 0. The molecule has 0 heterocycles. The van der Waals surface area contributed by atoms with Crippen molar-refractivity contribution in [2.24, 2.45) is 11.1 Å². The first-order valence-corrected chi connectivity index (χ1v) is 2.91. The fourth-order valence-corrected chi connectivity index (χ4v) is 0.532. The molecule has 0 amide bonds. The summed E-state index contributed by atoms with van der Waals surface area (Å²) in [7, 11) is 0. The number of hydrogen-bond donors (Lipinski definition) is 1. The minimum Gasteiger partial charge on any atom is -0.298 e. The van der Waals surface area contributed by atoms with E-state index >= 15 is 0 Å². The van der Waals surface area contributed by atoms with Crippen molar-refractivity contribution in [3.05, 3.63) is 0 Å². The summed E-state index contributed by atoms with van der Waals surface area (Å²) in [4.78, 5) is 0. The Labute approximate surface area is 103 Å². The first-order chi connectivity index (χ1) is 6.05. The van der Waals surface area contributed by atoms with Crippen LogP contribution in [0.15, 0.2) is 0 Å². The normalized spacial score (nSPS) is 8.86. The second-order valence-corrected chi connectivity index (χ2v) is 2.12. The van der Waals surface area contributed by atoms with E-state index in [1.54, 1.807) is 0 Å². The molecule has 0 aliphatic carbocycles. The van der Waals surface area contributed by atoms with Gasteiger partial charge < -0.3 is 0 Å². The zero-order valence-electron chi connectivity index (χ0n) is 7.31. The molecule has 1 radical (unpaired) electrons. The summed E-state index contributed by atoms with van der Waals surface area (Å²) in [6.07, 6.45) is 0. The van der Waals surface area contributed by atoms with E-state index in [1.165, 1.54) is 30.3 Å². The third-order valence-corrected chi connectivity index (χ3v) is 1.45. The number of nitrogens with zero attached hydrogens (tertiary/aromatic N) is 5. The van der Waals surface area contributed by atoms with Gasteiger partial charge in [-0.2, -0.15) is 26.3 Å². The van der Waals surface area contributed by atoms with Crippen LogP contribution in [0.1, 0.15) is 0 Å².